The van der Waals surface area contributed by atoms with Crippen LogP contribution in [0.4, 0.5) is 4.39 Å². The molecule has 0 aliphatic heterocycles. The quantitative estimate of drug-likeness (QED) is 0.768. The molecular formula is C17H16FNO. The van der Waals surface area contributed by atoms with Crippen LogP contribution >= 0.6 is 0 Å². The minimum absolute atomic E-state index is 0.255. The molecule has 3 rings (SSSR count). The number of hydrogen-bond acceptors (Lipinski definition) is 2. The highest BCUT2D eigenvalue weighted by atomic mass is 19.1. The first-order valence-electron chi connectivity index (χ1n) is 6.61. The summed E-state index contributed by atoms with van der Waals surface area (Å²) < 4.78 is 20.0. The van der Waals surface area contributed by atoms with E-state index in [1.54, 1.807) is 12.1 Å². The first-order valence-corrected chi connectivity index (χ1v) is 6.61. The fraction of sp³-hybridized carbons (Fsp3) is 0.176. The summed E-state index contributed by atoms with van der Waals surface area (Å²) in [5.41, 5.74) is 3.30. The summed E-state index contributed by atoms with van der Waals surface area (Å²) in [7, 11) is 1.84. The lowest BCUT2D eigenvalue weighted by Crippen LogP contribution is -2.05. The molecule has 2 nitrogen and oxygen atoms in total. The maximum Gasteiger partial charge on any atom is 0.138 e. The van der Waals surface area contributed by atoms with Gasteiger partial charge < -0.3 is 9.73 Å². The molecule has 20 heavy (non-hydrogen) atoms. The van der Waals surface area contributed by atoms with Crippen LogP contribution < -0.4 is 5.32 Å². The first-order chi connectivity index (χ1) is 9.69. The zero-order chi connectivity index (χ0) is 14.1. The molecule has 0 radical (unpaired) electrons. The molecule has 2 aromatic carbocycles. The van der Waals surface area contributed by atoms with E-state index < -0.39 is 0 Å². The van der Waals surface area contributed by atoms with Gasteiger partial charge in [0.05, 0.1) is 5.56 Å². The van der Waals surface area contributed by atoms with E-state index in [1.165, 1.54) is 0 Å². The molecule has 0 amide bonds. The molecule has 3 aromatic rings. The Labute approximate surface area is 117 Å². The highest BCUT2D eigenvalue weighted by Gasteiger charge is 2.12. The van der Waals surface area contributed by atoms with Gasteiger partial charge in [0.25, 0.3) is 0 Å². The van der Waals surface area contributed by atoms with Crippen molar-refractivity contribution < 1.29 is 8.81 Å². The minimum atomic E-state index is -0.255. The molecule has 1 aromatic heterocycles. The maximum absolute atomic E-state index is 14.2. The van der Waals surface area contributed by atoms with Gasteiger partial charge >= 0.3 is 0 Å². The van der Waals surface area contributed by atoms with E-state index >= 15 is 0 Å². The predicted molar refractivity (Wildman–Crippen MR) is 79.1 cm³/mol. The molecule has 0 atom stereocenters. The Morgan fingerprint density at radius 2 is 2.00 bits per heavy atom. The van der Waals surface area contributed by atoms with Crippen LogP contribution in [-0.4, -0.2) is 7.05 Å². The van der Waals surface area contributed by atoms with Crippen molar-refractivity contribution in [2.45, 2.75) is 13.5 Å². The summed E-state index contributed by atoms with van der Waals surface area (Å²) in [5.74, 6) is 0.317. The molecule has 102 valence electrons. The topological polar surface area (TPSA) is 25.2 Å². The van der Waals surface area contributed by atoms with Crippen molar-refractivity contribution in [3.05, 3.63) is 59.4 Å². The van der Waals surface area contributed by atoms with Crippen molar-refractivity contribution in [2.24, 2.45) is 0 Å². The van der Waals surface area contributed by atoms with Crippen LogP contribution in [0.1, 0.15) is 11.1 Å². The lowest BCUT2D eigenvalue weighted by atomic mass is 10.1. The molecule has 0 aliphatic rings. The molecule has 3 heteroatoms. The maximum atomic E-state index is 14.2. The second kappa shape index (κ2) is 5.10. The van der Waals surface area contributed by atoms with E-state index in [0.717, 1.165) is 22.1 Å². The van der Waals surface area contributed by atoms with Gasteiger partial charge in [-0.1, -0.05) is 24.3 Å². The van der Waals surface area contributed by atoms with Gasteiger partial charge in [0.1, 0.15) is 17.2 Å². The summed E-state index contributed by atoms with van der Waals surface area (Å²) >= 11 is 0. The average molecular weight is 269 g/mol. The van der Waals surface area contributed by atoms with Crippen LogP contribution in [0.5, 0.6) is 0 Å². The van der Waals surface area contributed by atoms with Crippen LogP contribution in [0, 0.1) is 12.7 Å². The zero-order valence-corrected chi connectivity index (χ0v) is 11.5. The smallest absolute Gasteiger partial charge is 0.138 e. The summed E-state index contributed by atoms with van der Waals surface area (Å²) in [5, 5.41) is 4.01. The first kappa shape index (κ1) is 12.9. The molecule has 1 N–H and O–H groups in total. The SMILES string of the molecule is CNCc1ccc(-c2cc3cccc(C)c3o2)c(F)c1. The van der Waals surface area contributed by atoms with Gasteiger partial charge in [-0.05, 0) is 43.3 Å². The Balaban J connectivity index is 2.08. The molecule has 0 saturated heterocycles. The summed E-state index contributed by atoms with van der Waals surface area (Å²) in [6.07, 6.45) is 0. The summed E-state index contributed by atoms with van der Waals surface area (Å²) in [6.45, 7) is 2.64. The van der Waals surface area contributed by atoms with Gasteiger partial charge in [-0.15, -0.1) is 0 Å². The fourth-order valence-electron chi connectivity index (χ4n) is 2.41. The number of fused-ring (bicyclic) bond motifs is 1. The highest BCUT2D eigenvalue weighted by Crippen LogP contribution is 2.31. The van der Waals surface area contributed by atoms with Crippen molar-refractivity contribution in [2.75, 3.05) is 7.05 Å². The van der Waals surface area contributed by atoms with Gasteiger partial charge in [-0.3, -0.25) is 0 Å². The Morgan fingerprint density at radius 1 is 1.15 bits per heavy atom. The Morgan fingerprint density at radius 3 is 2.70 bits per heavy atom. The van der Waals surface area contributed by atoms with E-state index in [2.05, 4.69) is 5.32 Å². The molecule has 0 aliphatic carbocycles. The second-order valence-electron chi connectivity index (χ2n) is 4.95. The largest absolute Gasteiger partial charge is 0.456 e. The van der Waals surface area contributed by atoms with Crippen LogP contribution in [0.15, 0.2) is 46.9 Å². The van der Waals surface area contributed by atoms with E-state index in [1.807, 2.05) is 44.3 Å². The summed E-state index contributed by atoms with van der Waals surface area (Å²) in [4.78, 5) is 0. The van der Waals surface area contributed by atoms with E-state index in [-0.39, 0.29) is 5.82 Å². The number of furan rings is 1. The normalized spacial score (nSPS) is 11.2. The standard InChI is InChI=1S/C17H16FNO/c1-11-4-3-5-13-9-16(20-17(11)13)14-7-6-12(10-19-2)8-15(14)18/h3-9,19H,10H2,1-2H3. The number of nitrogens with one attached hydrogen (secondary N) is 1. The molecule has 0 bridgehead atoms. The van der Waals surface area contributed by atoms with E-state index in [9.17, 15) is 4.39 Å². The van der Waals surface area contributed by atoms with Crippen LogP contribution in [0.3, 0.4) is 0 Å². The van der Waals surface area contributed by atoms with Gasteiger partial charge in [0, 0.05) is 11.9 Å². The van der Waals surface area contributed by atoms with Crippen molar-refractivity contribution in [3.63, 3.8) is 0 Å². The van der Waals surface area contributed by atoms with Crippen LogP contribution in [0.25, 0.3) is 22.3 Å². The van der Waals surface area contributed by atoms with Crippen molar-refractivity contribution in [3.8, 4) is 11.3 Å². The molecule has 0 unspecified atom stereocenters. The Bertz CT molecular complexity index is 761. The summed E-state index contributed by atoms with van der Waals surface area (Å²) in [6, 6.07) is 13.1. The molecular weight excluding hydrogens is 253 g/mol. The zero-order valence-electron chi connectivity index (χ0n) is 11.5. The molecule has 0 fully saturated rings. The van der Waals surface area contributed by atoms with E-state index in [4.69, 9.17) is 4.42 Å². The van der Waals surface area contributed by atoms with Crippen molar-refractivity contribution >= 4 is 11.0 Å². The number of rotatable bonds is 3. The average Bonchev–Trinajstić information content (AvgIpc) is 2.84. The number of hydrogen-bond donors (Lipinski definition) is 1. The number of halogens is 1. The third-order valence-corrected chi connectivity index (χ3v) is 3.42. The number of benzene rings is 2. The number of aryl methyl sites for hydroxylation is 1. The number of para-hydroxylation sites is 1. The molecule has 0 saturated carbocycles. The van der Waals surface area contributed by atoms with Gasteiger partial charge in [-0.25, -0.2) is 4.39 Å². The van der Waals surface area contributed by atoms with Gasteiger partial charge in [-0.2, -0.15) is 0 Å². The second-order valence-corrected chi connectivity index (χ2v) is 4.95. The lowest BCUT2D eigenvalue weighted by Gasteiger charge is -2.03. The molecule has 0 spiro atoms. The fourth-order valence-corrected chi connectivity index (χ4v) is 2.41. The Hall–Kier alpha value is -2.13. The minimum Gasteiger partial charge on any atom is -0.456 e. The molecule has 1 heterocycles. The third kappa shape index (κ3) is 2.21. The predicted octanol–water partition coefficient (Wildman–Crippen LogP) is 4.27. The highest BCUT2D eigenvalue weighted by molar-refractivity contribution is 5.85. The van der Waals surface area contributed by atoms with E-state index in [0.29, 0.717) is 17.9 Å². The lowest BCUT2D eigenvalue weighted by molar-refractivity contribution is 0.598. The van der Waals surface area contributed by atoms with Gasteiger partial charge in [0.15, 0.2) is 0 Å². The monoisotopic (exact) mass is 269 g/mol. The third-order valence-electron chi connectivity index (χ3n) is 3.42. The Kier molecular flexibility index (Phi) is 3.28. The van der Waals surface area contributed by atoms with Crippen molar-refractivity contribution in [1.82, 2.24) is 5.32 Å². The van der Waals surface area contributed by atoms with Crippen molar-refractivity contribution in [1.29, 1.82) is 0 Å². The van der Waals surface area contributed by atoms with Crippen LogP contribution in [0.2, 0.25) is 0 Å². The van der Waals surface area contributed by atoms with Gasteiger partial charge in [0.2, 0.25) is 0 Å². The van der Waals surface area contributed by atoms with Crippen LogP contribution in [-0.2, 0) is 6.54 Å².